The van der Waals surface area contributed by atoms with Gasteiger partial charge in [-0.3, -0.25) is 4.79 Å². The second-order valence-electron chi connectivity index (χ2n) is 5.22. The molecule has 0 spiro atoms. The number of aromatic nitrogens is 2. The average Bonchev–Trinajstić information content (AvgIpc) is 2.93. The van der Waals surface area contributed by atoms with Crippen LogP contribution >= 0.6 is 0 Å². The first-order chi connectivity index (χ1) is 11.0. The zero-order valence-electron chi connectivity index (χ0n) is 12.2. The Bertz CT molecular complexity index is 831. The molecule has 7 N–H and O–H groups in total. The molecule has 0 bridgehead atoms. The van der Waals surface area contributed by atoms with E-state index in [9.17, 15) is 9.90 Å². The van der Waals surface area contributed by atoms with E-state index in [2.05, 4.69) is 15.3 Å². The normalized spacial score (nSPS) is 13.7. The highest BCUT2D eigenvalue weighted by molar-refractivity contribution is 5.96. The average molecular weight is 311 g/mol. The van der Waals surface area contributed by atoms with E-state index in [0.717, 1.165) is 0 Å². The molecule has 7 heteroatoms. The minimum Gasteiger partial charge on any atom is -0.381 e. The molecule has 2 atom stereocenters. The fourth-order valence-electron chi connectivity index (χ4n) is 2.34. The van der Waals surface area contributed by atoms with E-state index in [1.807, 2.05) is 6.07 Å². The second kappa shape index (κ2) is 6.07. The van der Waals surface area contributed by atoms with Gasteiger partial charge in [-0.25, -0.2) is 4.98 Å². The summed E-state index contributed by atoms with van der Waals surface area (Å²) in [5.74, 6) is -0.275. The number of anilines is 2. The molecule has 2 unspecified atom stereocenters. The number of hydrogen-bond donors (Lipinski definition) is 5. The molecule has 7 nitrogen and oxygen atoms in total. The van der Waals surface area contributed by atoms with Gasteiger partial charge in [-0.05, 0) is 23.8 Å². The predicted octanol–water partition coefficient (Wildman–Crippen LogP) is 1.14. The van der Waals surface area contributed by atoms with Crippen molar-refractivity contribution in [3.63, 3.8) is 0 Å². The quantitative estimate of drug-likeness (QED) is 0.493. The number of aliphatic hydroxyl groups excluding tert-OH is 1. The van der Waals surface area contributed by atoms with Gasteiger partial charge < -0.3 is 26.9 Å². The van der Waals surface area contributed by atoms with Crippen molar-refractivity contribution >= 4 is 28.6 Å². The molecule has 1 amide bonds. The number of fused-ring (bicyclic) bond motifs is 1. The Morgan fingerprint density at radius 3 is 2.70 bits per heavy atom. The number of nitrogens with two attached hydrogens (primary N) is 2. The van der Waals surface area contributed by atoms with Gasteiger partial charge in [0.15, 0.2) is 12.1 Å². The maximum atomic E-state index is 12.2. The maximum Gasteiger partial charge on any atom is 0.255 e. The van der Waals surface area contributed by atoms with Crippen molar-refractivity contribution in [1.82, 2.24) is 9.97 Å². The van der Waals surface area contributed by atoms with E-state index < -0.39 is 18.1 Å². The molecule has 23 heavy (non-hydrogen) atoms. The Balaban J connectivity index is 1.74. The number of hydrogen-bond acceptors (Lipinski definition) is 5. The van der Waals surface area contributed by atoms with E-state index in [-0.39, 0.29) is 0 Å². The molecule has 1 aromatic heterocycles. The zero-order valence-corrected chi connectivity index (χ0v) is 12.2. The number of rotatable bonds is 4. The molecule has 0 aliphatic carbocycles. The summed E-state index contributed by atoms with van der Waals surface area (Å²) in [6.07, 6.45) is -1.36. The van der Waals surface area contributed by atoms with Gasteiger partial charge in [-0.2, -0.15) is 0 Å². The summed E-state index contributed by atoms with van der Waals surface area (Å²) >= 11 is 0. The van der Waals surface area contributed by atoms with Crippen LogP contribution < -0.4 is 16.8 Å². The minimum absolute atomic E-state index is 0.301. The van der Waals surface area contributed by atoms with Crippen molar-refractivity contribution in [2.45, 2.75) is 12.1 Å². The van der Waals surface area contributed by atoms with E-state index >= 15 is 0 Å². The molecule has 0 saturated heterocycles. The minimum atomic E-state index is -1.36. The SMILES string of the molecule is Nc1nc2ccc(NC(=O)C(O)C(N)c3ccccc3)cc2[nH]1. The monoisotopic (exact) mass is 311 g/mol. The molecule has 0 radical (unpaired) electrons. The van der Waals surface area contributed by atoms with Gasteiger partial charge in [0.1, 0.15) is 0 Å². The Labute approximate surface area is 132 Å². The van der Waals surface area contributed by atoms with Crippen molar-refractivity contribution in [2.75, 3.05) is 11.1 Å². The zero-order chi connectivity index (χ0) is 16.4. The summed E-state index contributed by atoms with van der Waals surface area (Å²) in [7, 11) is 0. The molecule has 3 rings (SSSR count). The number of nitrogen functional groups attached to an aromatic ring is 1. The third-order valence-corrected chi connectivity index (χ3v) is 3.56. The van der Waals surface area contributed by atoms with Crippen LogP contribution in [0.15, 0.2) is 48.5 Å². The molecular weight excluding hydrogens is 294 g/mol. The van der Waals surface area contributed by atoms with Gasteiger partial charge in [0.2, 0.25) is 0 Å². The number of carbonyl (C=O) groups excluding carboxylic acids is 1. The van der Waals surface area contributed by atoms with Crippen molar-refractivity contribution in [3.05, 3.63) is 54.1 Å². The summed E-state index contributed by atoms with van der Waals surface area (Å²) in [6, 6.07) is 13.3. The molecule has 0 fully saturated rings. The lowest BCUT2D eigenvalue weighted by molar-refractivity contribution is -0.125. The Morgan fingerprint density at radius 1 is 1.22 bits per heavy atom. The van der Waals surface area contributed by atoms with Crippen LogP contribution in [0.4, 0.5) is 11.6 Å². The number of carbonyl (C=O) groups is 1. The first-order valence-electron chi connectivity index (χ1n) is 7.09. The summed E-state index contributed by atoms with van der Waals surface area (Å²) in [4.78, 5) is 19.1. The Kier molecular flexibility index (Phi) is 3.96. The van der Waals surface area contributed by atoms with Crippen molar-refractivity contribution in [3.8, 4) is 0 Å². The van der Waals surface area contributed by atoms with Crippen LogP contribution in [0.1, 0.15) is 11.6 Å². The first-order valence-corrected chi connectivity index (χ1v) is 7.09. The first kappa shape index (κ1) is 15.0. The molecule has 2 aromatic carbocycles. The van der Waals surface area contributed by atoms with Crippen LogP contribution in [0.25, 0.3) is 11.0 Å². The Morgan fingerprint density at radius 2 is 1.96 bits per heavy atom. The molecule has 0 saturated carbocycles. The smallest absolute Gasteiger partial charge is 0.255 e. The van der Waals surface area contributed by atoms with Gasteiger partial charge >= 0.3 is 0 Å². The topological polar surface area (TPSA) is 130 Å². The molecule has 118 valence electrons. The third-order valence-electron chi connectivity index (χ3n) is 3.56. The van der Waals surface area contributed by atoms with E-state index in [1.54, 1.807) is 42.5 Å². The Hall–Kier alpha value is -2.90. The van der Waals surface area contributed by atoms with Crippen LogP contribution in [0, 0.1) is 0 Å². The van der Waals surface area contributed by atoms with Gasteiger partial charge in [0.25, 0.3) is 5.91 Å². The number of nitrogens with zero attached hydrogens (tertiary/aromatic N) is 1. The summed E-state index contributed by atoms with van der Waals surface area (Å²) < 4.78 is 0. The molecule has 0 aliphatic heterocycles. The molecular formula is C16H17N5O2. The highest BCUT2D eigenvalue weighted by Gasteiger charge is 2.24. The van der Waals surface area contributed by atoms with Crippen LogP contribution in [0.2, 0.25) is 0 Å². The third kappa shape index (κ3) is 3.15. The van der Waals surface area contributed by atoms with Crippen LogP contribution in [-0.2, 0) is 4.79 Å². The van der Waals surface area contributed by atoms with E-state index in [1.165, 1.54) is 0 Å². The number of imidazole rings is 1. The lowest BCUT2D eigenvalue weighted by Gasteiger charge is -2.18. The number of H-pyrrole nitrogens is 1. The largest absolute Gasteiger partial charge is 0.381 e. The highest BCUT2D eigenvalue weighted by Crippen LogP contribution is 2.20. The lowest BCUT2D eigenvalue weighted by atomic mass is 10.0. The number of nitrogens with one attached hydrogen (secondary N) is 2. The van der Waals surface area contributed by atoms with Crippen LogP contribution in [-0.4, -0.2) is 27.1 Å². The van der Waals surface area contributed by atoms with Crippen molar-refractivity contribution in [2.24, 2.45) is 5.73 Å². The highest BCUT2D eigenvalue weighted by atomic mass is 16.3. The van der Waals surface area contributed by atoms with Crippen LogP contribution in [0.3, 0.4) is 0 Å². The van der Waals surface area contributed by atoms with Gasteiger partial charge in [-0.15, -0.1) is 0 Å². The van der Waals surface area contributed by atoms with Gasteiger partial charge in [0, 0.05) is 5.69 Å². The lowest BCUT2D eigenvalue weighted by Crippen LogP contribution is -2.37. The number of benzene rings is 2. The fourth-order valence-corrected chi connectivity index (χ4v) is 2.34. The number of amides is 1. The molecule has 1 heterocycles. The maximum absolute atomic E-state index is 12.2. The van der Waals surface area contributed by atoms with Gasteiger partial charge in [-0.1, -0.05) is 30.3 Å². The molecule has 3 aromatic rings. The predicted molar refractivity (Wildman–Crippen MR) is 88.5 cm³/mol. The summed E-state index contributed by atoms with van der Waals surface area (Å²) in [6.45, 7) is 0. The van der Waals surface area contributed by atoms with Crippen molar-refractivity contribution in [1.29, 1.82) is 0 Å². The van der Waals surface area contributed by atoms with E-state index in [0.29, 0.717) is 28.2 Å². The summed E-state index contributed by atoms with van der Waals surface area (Å²) in [5.41, 5.74) is 14.1. The second-order valence-corrected chi connectivity index (χ2v) is 5.22. The van der Waals surface area contributed by atoms with Gasteiger partial charge in [0.05, 0.1) is 17.1 Å². The number of aromatic amines is 1. The van der Waals surface area contributed by atoms with E-state index in [4.69, 9.17) is 11.5 Å². The van der Waals surface area contributed by atoms with Crippen LogP contribution in [0.5, 0.6) is 0 Å². The molecule has 0 aliphatic rings. The summed E-state index contributed by atoms with van der Waals surface area (Å²) in [5, 5.41) is 12.8. The number of aliphatic hydroxyl groups is 1. The fraction of sp³-hybridized carbons (Fsp3) is 0.125. The van der Waals surface area contributed by atoms with Crippen molar-refractivity contribution < 1.29 is 9.90 Å². The standard InChI is InChI=1S/C16H17N5O2/c17-13(9-4-2-1-3-5-9)14(22)15(23)19-10-6-7-11-12(8-10)21-16(18)20-11/h1-8,13-14,22H,17H2,(H,19,23)(H3,18,20,21).